The van der Waals surface area contributed by atoms with E-state index in [1.54, 1.807) is 92.4 Å². The monoisotopic (exact) mass is 890 g/mol. The SMILES string of the molecule is CC(=O)N1CCN(C(=O)C=Cc2ccc(Sc3ccc(C=CC(=O)N4CCN(C(C)=O)CC4)c(-c4c(Cl)cccc4C=O)c3Cl)c(Cl)c2-c2c(Cl)cccc2C=O)CC1. The van der Waals surface area contributed by atoms with Crippen molar-refractivity contribution in [3.63, 3.8) is 0 Å². The van der Waals surface area contributed by atoms with Gasteiger partial charge in [-0.15, -0.1) is 0 Å². The average molecular weight is 893 g/mol. The molecule has 0 spiro atoms. The second kappa shape index (κ2) is 19.4. The average Bonchev–Trinajstić information content (AvgIpc) is 3.23. The van der Waals surface area contributed by atoms with E-state index in [9.17, 15) is 28.8 Å². The smallest absolute Gasteiger partial charge is 0.246 e. The summed E-state index contributed by atoms with van der Waals surface area (Å²) in [6.45, 7) is 6.32. The fourth-order valence-electron chi connectivity index (χ4n) is 7.03. The topological polar surface area (TPSA) is 115 Å². The van der Waals surface area contributed by atoms with Gasteiger partial charge in [0.1, 0.15) is 0 Å². The lowest BCUT2D eigenvalue weighted by atomic mass is 9.95. The quantitative estimate of drug-likeness (QED) is 0.116. The molecule has 6 rings (SSSR count). The predicted molar refractivity (Wildman–Crippen MR) is 234 cm³/mol. The van der Waals surface area contributed by atoms with Gasteiger partial charge in [0.15, 0.2) is 12.6 Å². The van der Waals surface area contributed by atoms with Crippen LogP contribution in [-0.4, -0.2) is 108 Å². The minimum absolute atomic E-state index is 0.0415. The molecule has 15 heteroatoms. The molecule has 0 saturated carbocycles. The summed E-state index contributed by atoms with van der Waals surface area (Å²) in [7, 11) is 0. The van der Waals surface area contributed by atoms with Gasteiger partial charge in [-0.2, -0.15) is 0 Å². The van der Waals surface area contributed by atoms with Crippen molar-refractivity contribution in [2.24, 2.45) is 0 Å². The molecule has 10 nitrogen and oxygen atoms in total. The van der Waals surface area contributed by atoms with E-state index in [2.05, 4.69) is 0 Å². The van der Waals surface area contributed by atoms with Crippen LogP contribution in [0.3, 0.4) is 0 Å². The maximum absolute atomic E-state index is 13.3. The van der Waals surface area contributed by atoms with Crippen LogP contribution in [0.2, 0.25) is 20.1 Å². The first-order valence-corrected chi connectivity index (χ1v) is 20.9. The zero-order valence-electron chi connectivity index (χ0n) is 32.1. The van der Waals surface area contributed by atoms with Gasteiger partial charge in [-0.25, -0.2) is 0 Å². The van der Waals surface area contributed by atoms with Crippen molar-refractivity contribution in [2.45, 2.75) is 23.6 Å². The molecule has 304 valence electrons. The van der Waals surface area contributed by atoms with Gasteiger partial charge in [-0.1, -0.05) is 94.6 Å². The lowest BCUT2D eigenvalue weighted by molar-refractivity contribution is -0.135. The van der Waals surface area contributed by atoms with Gasteiger partial charge < -0.3 is 19.6 Å². The first-order chi connectivity index (χ1) is 28.3. The highest BCUT2D eigenvalue weighted by Crippen LogP contribution is 2.49. The van der Waals surface area contributed by atoms with Crippen LogP contribution in [0.15, 0.2) is 82.6 Å². The summed E-state index contributed by atoms with van der Waals surface area (Å²) in [5, 5.41) is 1.01. The van der Waals surface area contributed by atoms with Gasteiger partial charge in [0.25, 0.3) is 0 Å². The van der Waals surface area contributed by atoms with E-state index in [0.29, 0.717) is 108 Å². The van der Waals surface area contributed by atoms with Crippen molar-refractivity contribution < 1.29 is 28.8 Å². The third kappa shape index (κ3) is 9.77. The van der Waals surface area contributed by atoms with Gasteiger partial charge in [-0.05, 0) is 47.5 Å². The standard InChI is InChI=1S/C44H38Cl4N4O6S/c1-27(55)49-17-21-51(22-18-49)37(57)15-11-29-9-13-35(43(47)41(29)39-31(25-53)5-3-7-33(39)45)59-36-14-10-30(12-16-38(58)52-23-19-50(20-24-52)28(2)56)42(44(36)48)40-32(26-54)6-4-8-34(40)46/h3-16,25-26H,17-24H2,1-2H3. The highest BCUT2D eigenvalue weighted by atomic mass is 35.5. The Morgan fingerprint density at radius 2 is 0.847 bits per heavy atom. The van der Waals surface area contributed by atoms with Gasteiger partial charge in [0, 0.05) is 132 Å². The molecule has 2 aliphatic heterocycles. The van der Waals surface area contributed by atoms with E-state index < -0.39 is 0 Å². The molecule has 0 radical (unpaired) electrons. The Morgan fingerprint density at radius 1 is 0.492 bits per heavy atom. The second-order valence-electron chi connectivity index (χ2n) is 13.8. The third-order valence-electron chi connectivity index (χ3n) is 10.2. The first-order valence-electron chi connectivity index (χ1n) is 18.6. The molecule has 0 atom stereocenters. The van der Waals surface area contributed by atoms with Crippen molar-refractivity contribution in [2.75, 3.05) is 52.4 Å². The van der Waals surface area contributed by atoms with Gasteiger partial charge >= 0.3 is 0 Å². The summed E-state index contributed by atoms with van der Waals surface area (Å²) in [6.07, 6.45) is 7.49. The number of amides is 4. The van der Waals surface area contributed by atoms with Crippen LogP contribution >= 0.6 is 58.2 Å². The van der Waals surface area contributed by atoms with Crippen LogP contribution in [-0.2, 0) is 19.2 Å². The number of hydrogen-bond donors (Lipinski definition) is 0. The fourth-order valence-corrected chi connectivity index (χ4v) is 9.24. The second-order valence-corrected chi connectivity index (χ2v) is 16.4. The number of hydrogen-bond acceptors (Lipinski definition) is 7. The summed E-state index contributed by atoms with van der Waals surface area (Å²) in [4.78, 5) is 82.6. The first kappa shape index (κ1) is 43.7. The summed E-state index contributed by atoms with van der Waals surface area (Å²) in [5.74, 6) is -0.577. The van der Waals surface area contributed by atoms with E-state index in [0.717, 1.165) is 0 Å². The predicted octanol–water partition coefficient (Wildman–Crippen LogP) is 8.82. The largest absolute Gasteiger partial charge is 0.339 e. The van der Waals surface area contributed by atoms with E-state index in [1.807, 2.05) is 0 Å². The number of benzene rings is 4. The number of aldehydes is 2. The molecule has 4 amide bonds. The van der Waals surface area contributed by atoms with Crippen molar-refractivity contribution in [3.05, 3.63) is 115 Å². The Kier molecular flexibility index (Phi) is 14.4. The lowest BCUT2D eigenvalue weighted by Gasteiger charge is -2.33. The molecular weight excluding hydrogens is 854 g/mol. The molecule has 0 aromatic heterocycles. The zero-order valence-corrected chi connectivity index (χ0v) is 35.9. The summed E-state index contributed by atoms with van der Waals surface area (Å²) in [6, 6.07) is 16.9. The van der Waals surface area contributed by atoms with E-state index in [-0.39, 0.29) is 54.8 Å². The fraction of sp³-hybridized carbons (Fsp3) is 0.227. The molecule has 0 unspecified atom stereocenters. The molecule has 2 saturated heterocycles. The number of nitrogens with zero attached hydrogens (tertiary/aromatic N) is 4. The summed E-state index contributed by atoms with van der Waals surface area (Å²) < 4.78 is 0. The van der Waals surface area contributed by atoms with Crippen molar-refractivity contribution >= 4 is 107 Å². The Labute approximate surface area is 366 Å². The van der Waals surface area contributed by atoms with Crippen LogP contribution in [0.4, 0.5) is 0 Å². The molecular formula is C44H38Cl4N4O6S. The lowest BCUT2D eigenvalue weighted by Crippen LogP contribution is -2.49. The normalized spacial score (nSPS) is 14.6. The Hall–Kier alpha value is -4.91. The maximum Gasteiger partial charge on any atom is 0.246 e. The summed E-state index contributed by atoms with van der Waals surface area (Å²) >= 11 is 29.2. The van der Waals surface area contributed by atoms with Crippen LogP contribution in [0, 0.1) is 0 Å². The third-order valence-corrected chi connectivity index (χ3v) is 13.0. The van der Waals surface area contributed by atoms with Crippen molar-refractivity contribution in [1.82, 2.24) is 19.6 Å². The van der Waals surface area contributed by atoms with E-state index >= 15 is 0 Å². The molecule has 59 heavy (non-hydrogen) atoms. The number of rotatable bonds is 10. The number of carbonyl (C=O) groups is 6. The van der Waals surface area contributed by atoms with Crippen LogP contribution in [0.5, 0.6) is 0 Å². The minimum Gasteiger partial charge on any atom is -0.339 e. The molecule has 2 aliphatic rings. The Balaban J connectivity index is 1.39. The van der Waals surface area contributed by atoms with Crippen LogP contribution in [0.25, 0.3) is 34.4 Å². The Morgan fingerprint density at radius 3 is 1.19 bits per heavy atom. The molecule has 0 N–H and O–H groups in total. The molecule has 2 heterocycles. The summed E-state index contributed by atoms with van der Waals surface area (Å²) in [5.41, 5.74) is 3.22. The number of carbonyl (C=O) groups excluding carboxylic acids is 6. The van der Waals surface area contributed by atoms with Gasteiger partial charge in [0.05, 0.1) is 10.0 Å². The van der Waals surface area contributed by atoms with E-state index in [1.165, 1.54) is 37.8 Å². The molecule has 2 fully saturated rings. The zero-order chi connectivity index (χ0) is 42.4. The number of halogens is 4. The van der Waals surface area contributed by atoms with Gasteiger partial charge in [0.2, 0.25) is 23.6 Å². The molecule has 0 bridgehead atoms. The Bertz CT molecular complexity index is 2240. The highest BCUT2D eigenvalue weighted by molar-refractivity contribution is 7.99. The highest BCUT2D eigenvalue weighted by Gasteiger charge is 2.25. The molecule has 0 aliphatic carbocycles. The van der Waals surface area contributed by atoms with Crippen LogP contribution < -0.4 is 0 Å². The van der Waals surface area contributed by atoms with Crippen molar-refractivity contribution in [3.8, 4) is 22.3 Å². The molecule has 4 aromatic carbocycles. The molecule has 4 aromatic rings. The van der Waals surface area contributed by atoms with Gasteiger partial charge in [-0.3, -0.25) is 28.8 Å². The van der Waals surface area contributed by atoms with Crippen LogP contribution in [0.1, 0.15) is 45.7 Å². The van der Waals surface area contributed by atoms with Crippen molar-refractivity contribution in [1.29, 1.82) is 0 Å². The minimum atomic E-state index is -0.247. The van der Waals surface area contributed by atoms with E-state index in [4.69, 9.17) is 46.4 Å². The number of piperazine rings is 2. The maximum atomic E-state index is 13.3.